The minimum absolute atomic E-state index is 0.00838. The average Bonchev–Trinajstić information content (AvgIpc) is 2.65. The Hall–Kier alpha value is -2.96. The molecule has 0 radical (unpaired) electrons. The van der Waals surface area contributed by atoms with Crippen LogP contribution in [0.2, 0.25) is 0 Å². The van der Waals surface area contributed by atoms with Crippen molar-refractivity contribution in [1.82, 2.24) is 9.97 Å². The van der Waals surface area contributed by atoms with Crippen LogP contribution < -0.4 is 4.74 Å². The first-order valence-electron chi connectivity index (χ1n) is 8.32. The Bertz CT molecular complexity index is 922. The van der Waals surface area contributed by atoms with Gasteiger partial charge in [0.25, 0.3) is 0 Å². The smallest absolute Gasteiger partial charge is 0.228 e. The predicted molar refractivity (Wildman–Crippen MR) is 93.4 cm³/mol. The van der Waals surface area contributed by atoms with Crippen LogP contribution in [-0.2, 0) is 6.42 Å². The second kappa shape index (κ2) is 8.16. The van der Waals surface area contributed by atoms with Crippen LogP contribution in [0.4, 0.5) is 17.6 Å². The lowest BCUT2D eigenvalue weighted by molar-refractivity contribution is 0.176. The van der Waals surface area contributed by atoms with Crippen molar-refractivity contribution in [2.24, 2.45) is 0 Å². The summed E-state index contributed by atoms with van der Waals surface area (Å²) in [4.78, 5) is 8.44. The van der Waals surface area contributed by atoms with Gasteiger partial charge in [-0.15, -0.1) is 0 Å². The first kappa shape index (κ1) is 18.8. The van der Waals surface area contributed by atoms with E-state index < -0.39 is 30.1 Å². The SMILES string of the molecule is CCCc1cnc(-c2ccc(-c3cc(F)c(OCF)c(F)c3)c(F)c2)nc1. The molecule has 0 spiro atoms. The maximum Gasteiger partial charge on any atom is 0.228 e. The molecule has 1 aromatic heterocycles. The molecule has 1 heterocycles. The highest BCUT2D eigenvalue weighted by Gasteiger charge is 2.16. The fourth-order valence-corrected chi connectivity index (χ4v) is 2.72. The number of aromatic nitrogens is 2. The van der Waals surface area contributed by atoms with Crippen molar-refractivity contribution in [3.63, 3.8) is 0 Å². The van der Waals surface area contributed by atoms with Gasteiger partial charge in [0.05, 0.1) is 0 Å². The molecule has 0 aliphatic rings. The Morgan fingerprint density at radius 2 is 1.52 bits per heavy atom. The third-order valence-corrected chi connectivity index (χ3v) is 3.98. The monoisotopic (exact) mass is 376 g/mol. The molecule has 140 valence electrons. The number of ether oxygens (including phenoxy) is 1. The highest BCUT2D eigenvalue weighted by atomic mass is 19.1. The van der Waals surface area contributed by atoms with Gasteiger partial charge in [-0.05, 0) is 35.7 Å². The molecule has 7 heteroatoms. The van der Waals surface area contributed by atoms with Gasteiger partial charge in [0.1, 0.15) is 5.82 Å². The van der Waals surface area contributed by atoms with Gasteiger partial charge < -0.3 is 4.74 Å². The van der Waals surface area contributed by atoms with Crippen LogP contribution in [0.5, 0.6) is 5.75 Å². The van der Waals surface area contributed by atoms with E-state index in [9.17, 15) is 17.6 Å². The topological polar surface area (TPSA) is 35.0 Å². The first-order valence-corrected chi connectivity index (χ1v) is 8.32. The summed E-state index contributed by atoms with van der Waals surface area (Å²) in [5.41, 5.74) is 1.39. The number of aryl methyl sites for hydroxylation is 1. The molecule has 0 bridgehead atoms. The lowest BCUT2D eigenvalue weighted by Gasteiger charge is -2.10. The molecule has 27 heavy (non-hydrogen) atoms. The number of rotatable bonds is 6. The molecule has 0 atom stereocenters. The van der Waals surface area contributed by atoms with Crippen LogP contribution in [0.3, 0.4) is 0 Å². The Labute approximate surface area is 153 Å². The van der Waals surface area contributed by atoms with E-state index in [-0.39, 0.29) is 11.1 Å². The van der Waals surface area contributed by atoms with Gasteiger partial charge in [0, 0.05) is 23.5 Å². The summed E-state index contributed by atoms with van der Waals surface area (Å²) >= 11 is 0. The summed E-state index contributed by atoms with van der Waals surface area (Å²) in [6, 6.07) is 5.93. The number of nitrogens with zero attached hydrogens (tertiary/aromatic N) is 2. The van der Waals surface area contributed by atoms with Crippen molar-refractivity contribution in [2.75, 3.05) is 6.86 Å². The largest absolute Gasteiger partial charge is 0.457 e. The third kappa shape index (κ3) is 4.07. The molecule has 0 N–H and O–H groups in total. The second-order valence-corrected chi connectivity index (χ2v) is 5.88. The van der Waals surface area contributed by atoms with E-state index in [0.29, 0.717) is 11.4 Å². The van der Waals surface area contributed by atoms with Crippen molar-refractivity contribution in [2.45, 2.75) is 19.8 Å². The second-order valence-electron chi connectivity index (χ2n) is 5.88. The molecule has 0 aliphatic heterocycles. The number of halogens is 4. The van der Waals surface area contributed by atoms with E-state index in [0.717, 1.165) is 30.5 Å². The quantitative estimate of drug-likeness (QED) is 0.534. The van der Waals surface area contributed by atoms with Crippen molar-refractivity contribution in [3.05, 3.63) is 65.7 Å². The van der Waals surface area contributed by atoms with Crippen LogP contribution in [0.25, 0.3) is 22.5 Å². The van der Waals surface area contributed by atoms with E-state index in [1.807, 2.05) is 6.92 Å². The fraction of sp³-hybridized carbons (Fsp3) is 0.200. The van der Waals surface area contributed by atoms with Gasteiger partial charge in [-0.2, -0.15) is 0 Å². The molecule has 3 aromatic rings. The molecule has 0 aliphatic carbocycles. The fourth-order valence-electron chi connectivity index (χ4n) is 2.72. The molecule has 0 fully saturated rings. The summed E-state index contributed by atoms with van der Waals surface area (Å²) in [7, 11) is 0. The van der Waals surface area contributed by atoms with Gasteiger partial charge in [0.2, 0.25) is 6.86 Å². The van der Waals surface area contributed by atoms with Gasteiger partial charge in [0.15, 0.2) is 23.2 Å². The summed E-state index contributed by atoms with van der Waals surface area (Å²) in [6.45, 7) is 0.678. The summed E-state index contributed by atoms with van der Waals surface area (Å²) < 4.78 is 58.8. The molecule has 3 nitrogen and oxygen atoms in total. The normalized spacial score (nSPS) is 10.9. The standard InChI is InChI=1S/C20H16F4N2O/c1-2-3-12-9-25-20(26-10-12)13-4-5-15(16(22)6-13)14-7-17(23)19(27-11-21)18(24)8-14/h4-10H,2-3,11H2,1H3. The zero-order chi connectivity index (χ0) is 19.4. The minimum atomic E-state index is -1.37. The molecule has 2 aromatic carbocycles. The van der Waals surface area contributed by atoms with Gasteiger partial charge in [-0.25, -0.2) is 27.5 Å². The lowest BCUT2D eigenvalue weighted by atomic mass is 10.0. The number of alkyl halides is 1. The van der Waals surface area contributed by atoms with E-state index in [2.05, 4.69) is 14.7 Å². The van der Waals surface area contributed by atoms with E-state index in [4.69, 9.17) is 0 Å². The molecule has 3 rings (SSSR count). The molecule has 0 saturated carbocycles. The Kier molecular flexibility index (Phi) is 5.69. The zero-order valence-electron chi connectivity index (χ0n) is 14.5. The molecular formula is C20H16F4N2O. The lowest BCUT2D eigenvalue weighted by Crippen LogP contribution is -1.98. The Morgan fingerprint density at radius 1 is 0.889 bits per heavy atom. The van der Waals surface area contributed by atoms with Crippen molar-refractivity contribution in [3.8, 4) is 28.3 Å². The predicted octanol–water partition coefficient (Wildman–Crippen LogP) is 5.49. The number of benzene rings is 2. The molecule has 0 amide bonds. The minimum Gasteiger partial charge on any atom is -0.457 e. The van der Waals surface area contributed by atoms with E-state index >= 15 is 0 Å². The van der Waals surface area contributed by atoms with Crippen molar-refractivity contribution >= 4 is 0 Å². The number of hydrogen-bond acceptors (Lipinski definition) is 3. The van der Waals surface area contributed by atoms with Crippen LogP contribution in [-0.4, -0.2) is 16.8 Å². The summed E-state index contributed by atoms with van der Waals surface area (Å²) in [5.74, 6) is -3.39. The highest BCUT2D eigenvalue weighted by molar-refractivity contribution is 5.69. The first-order chi connectivity index (χ1) is 13.0. The zero-order valence-corrected chi connectivity index (χ0v) is 14.5. The number of hydrogen-bond donors (Lipinski definition) is 0. The van der Waals surface area contributed by atoms with E-state index in [1.165, 1.54) is 12.1 Å². The van der Waals surface area contributed by atoms with Crippen LogP contribution in [0, 0.1) is 17.5 Å². The third-order valence-electron chi connectivity index (χ3n) is 3.98. The molecule has 0 saturated heterocycles. The van der Waals surface area contributed by atoms with Gasteiger partial charge >= 0.3 is 0 Å². The van der Waals surface area contributed by atoms with Gasteiger partial charge in [-0.1, -0.05) is 25.5 Å². The van der Waals surface area contributed by atoms with Gasteiger partial charge in [-0.3, -0.25) is 0 Å². The van der Waals surface area contributed by atoms with E-state index in [1.54, 1.807) is 18.5 Å². The van der Waals surface area contributed by atoms with Crippen molar-refractivity contribution in [1.29, 1.82) is 0 Å². The van der Waals surface area contributed by atoms with Crippen LogP contribution in [0.1, 0.15) is 18.9 Å². The Balaban J connectivity index is 1.93. The summed E-state index contributed by atoms with van der Waals surface area (Å²) in [6.07, 6.45) is 5.19. The maximum absolute atomic E-state index is 14.5. The maximum atomic E-state index is 14.5. The highest BCUT2D eigenvalue weighted by Crippen LogP contribution is 2.32. The average molecular weight is 376 g/mol. The van der Waals surface area contributed by atoms with Crippen LogP contribution in [0.15, 0.2) is 42.7 Å². The molecular weight excluding hydrogens is 360 g/mol. The molecule has 0 unspecified atom stereocenters. The Morgan fingerprint density at radius 3 is 2.07 bits per heavy atom. The summed E-state index contributed by atoms with van der Waals surface area (Å²) in [5, 5.41) is 0. The van der Waals surface area contributed by atoms with Crippen LogP contribution >= 0.6 is 0 Å². The van der Waals surface area contributed by atoms with Crippen molar-refractivity contribution < 1.29 is 22.3 Å².